The maximum absolute atomic E-state index is 12.7. The van der Waals surface area contributed by atoms with Crippen LogP contribution < -0.4 is 14.3 Å². The van der Waals surface area contributed by atoms with E-state index in [-0.39, 0.29) is 23.0 Å². The molecule has 9 nitrogen and oxygen atoms in total. The number of fused-ring (bicyclic) bond motifs is 2. The standard InChI is InChI=1S/C20H22N4O5S2/c1-14(22-19-16-7-3-5-9-18(16)31(28,29)23-19)20(25)21-11-13-30(26,27)24-12-10-15-6-2-4-8-17(15)24/h2-9,14H,10-13H2,1H3,(H,21,25)(H,22,23)/t14-/m0/s1. The number of sulfonamides is 2. The lowest BCUT2D eigenvalue weighted by atomic mass is 10.2. The SMILES string of the molecule is C[C@H](N=C1NS(=O)(=O)c2ccccc21)C(=O)NCCS(=O)(=O)N1CCc2ccccc21. The number of anilines is 1. The number of hydrogen-bond acceptors (Lipinski definition) is 6. The number of amidine groups is 1. The number of nitrogens with one attached hydrogen (secondary N) is 2. The summed E-state index contributed by atoms with van der Waals surface area (Å²) in [7, 11) is -7.28. The first kappa shape index (κ1) is 21.3. The lowest BCUT2D eigenvalue weighted by molar-refractivity contribution is -0.121. The van der Waals surface area contributed by atoms with Crippen LogP contribution >= 0.6 is 0 Å². The molecule has 2 aromatic rings. The predicted octanol–water partition coefficient (Wildman–Crippen LogP) is 0.622. The van der Waals surface area contributed by atoms with Crippen molar-refractivity contribution in [1.29, 1.82) is 0 Å². The smallest absolute Gasteiger partial charge is 0.263 e. The Morgan fingerprint density at radius 2 is 1.90 bits per heavy atom. The van der Waals surface area contributed by atoms with Gasteiger partial charge in [-0.3, -0.25) is 18.8 Å². The third kappa shape index (κ3) is 4.15. The van der Waals surface area contributed by atoms with Gasteiger partial charge in [0, 0.05) is 18.7 Å². The molecular formula is C20H22N4O5S2. The van der Waals surface area contributed by atoms with Gasteiger partial charge in [0.05, 0.1) is 16.3 Å². The highest BCUT2D eigenvalue weighted by molar-refractivity contribution is 7.92. The van der Waals surface area contributed by atoms with E-state index in [4.69, 9.17) is 0 Å². The van der Waals surface area contributed by atoms with Crippen molar-refractivity contribution in [1.82, 2.24) is 10.0 Å². The van der Waals surface area contributed by atoms with E-state index in [2.05, 4.69) is 15.0 Å². The van der Waals surface area contributed by atoms with E-state index in [1.54, 1.807) is 30.3 Å². The van der Waals surface area contributed by atoms with Gasteiger partial charge < -0.3 is 5.32 Å². The summed E-state index contributed by atoms with van der Waals surface area (Å²) >= 11 is 0. The summed E-state index contributed by atoms with van der Waals surface area (Å²) in [4.78, 5) is 16.7. The molecule has 2 aliphatic heterocycles. The summed E-state index contributed by atoms with van der Waals surface area (Å²) in [5, 5.41) is 2.58. The molecular weight excluding hydrogens is 440 g/mol. The quantitative estimate of drug-likeness (QED) is 0.651. The molecule has 0 bridgehead atoms. The molecule has 31 heavy (non-hydrogen) atoms. The van der Waals surface area contributed by atoms with Gasteiger partial charge in [0.25, 0.3) is 10.0 Å². The van der Waals surface area contributed by atoms with Crippen LogP contribution in [0.4, 0.5) is 5.69 Å². The molecule has 0 aliphatic carbocycles. The lowest BCUT2D eigenvalue weighted by Crippen LogP contribution is -2.39. The van der Waals surface area contributed by atoms with Crippen LogP contribution in [-0.2, 0) is 31.3 Å². The number of nitrogens with zero attached hydrogens (tertiary/aromatic N) is 2. The van der Waals surface area contributed by atoms with Crippen molar-refractivity contribution < 1.29 is 21.6 Å². The first-order valence-corrected chi connectivity index (χ1v) is 12.8. The topological polar surface area (TPSA) is 125 Å². The van der Waals surface area contributed by atoms with E-state index in [0.717, 1.165) is 5.56 Å². The van der Waals surface area contributed by atoms with Gasteiger partial charge in [-0.15, -0.1) is 0 Å². The molecule has 0 unspecified atom stereocenters. The third-order valence-corrected chi connectivity index (χ3v) is 8.37. The summed E-state index contributed by atoms with van der Waals surface area (Å²) in [6, 6.07) is 12.8. The van der Waals surface area contributed by atoms with Crippen LogP contribution in [0, 0.1) is 0 Å². The van der Waals surface area contributed by atoms with Gasteiger partial charge >= 0.3 is 0 Å². The Morgan fingerprint density at radius 1 is 1.19 bits per heavy atom. The Hall–Kier alpha value is -2.92. The van der Waals surface area contributed by atoms with Gasteiger partial charge in [-0.1, -0.05) is 30.3 Å². The second-order valence-corrected chi connectivity index (χ2v) is 11.0. The highest BCUT2D eigenvalue weighted by atomic mass is 32.2. The van der Waals surface area contributed by atoms with Crippen molar-refractivity contribution in [2.75, 3.05) is 23.1 Å². The summed E-state index contributed by atoms with van der Waals surface area (Å²) in [5.74, 6) is -0.640. The first-order valence-electron chi connectivity index (χ1n) is 9.75. The van der Waals surface area contributed by atoms with Crippen LogP contribution in [0.5, 0.6) is 0 Å². The predicted molar refractivity (Wildman–Crippen MR) is 117 cm³/mol. The normalized spacial score (nSPS) is 18.9. The van der Waals surface area contributed by atoms with Gasteiger partial charge in [-0.05, 0) is 37.1 Å². The summed E-state index contributed by atoms with van der Waals surface area (Å²) < 4.78 is 53.4. The molecule has 4 rings (SSSR count). The highest BCUT2D eigenvalue weighted by Crippen LogP contribution is 2.29. The zero-order chi connectivity index (χ0) is 22.2. The van der Waals surface area contributed by atoms with Gasteiger partial charge in [0.1, 0.15) is 11.9 Å². The molecule has 0 saturated carbocycles. The van der Waals surface area contributed by atoms with Gasteiger partial charge in [-0.25, -0.2) is 16.8 Å². The third-order valence-electron chi connectivity index (χ3n) is 5.20. The van der Waals surface area contributed by atoms with Crippen molar-refractivity contribution in [3.05, 3.63) is 59.7 Å². The molecule has 0 radical (unpaired) electrons. The van der Waals surface area contributed by atoms with Gasteiger partial charge in [0.2, 0.25) is 15.9 Å². The number of aliphatic imine (C=N–C) groups is 1. The molecule has 0 aromatic heterocycles. The molecule has 1 atom stereocenters. The number of carbonyl (C=O) groups is 1. The minimum Gasteiger partial charge on any atom is -0.353 e. The van der Waals surface area contributed by atoms with E-state index in [1.165, 1.54) is 17.3 Å². The van der Waals surface area contributed by atoms with E-state index < -0.39 is 32.0 Å². The fraction of sp³-hybridized carbons (Fsp3) is 0.300. The minimum absolute atomic E-state index is 0.0721. The van der Waals surface area contributed by atoms with E-state index in [0.29, 0.717) is 24.2 Å². The van der Waals surface area contributed by atoms with Crippen LogP contribution in [0.25, 0.3) is 0 Å². The molecule has 0 fully saturated rings. The monoisotopic (exact) mass is 462 g/mol. The number of rotatable bonds is 6. The maximum atomic E-state index is 12.7. The number of para-hydroxylation sites is 1. The average molecular weight is 463 g/mol. The lowest BCUT2D eigenvalue weighted by Gasteiger charge is -2.19. The Balaban J connectivity index is 1.38. The second-order valence-electron chi connectivity index (χ2n) is 7.31. The zero-order valence-electron chi connectivity index (χ0n) is 16.8. The average Bonchev–Trinajstić information content (AvgIpc) is 3.28. The Kier molecular flexibility index (Phi) is 5.48. The molecule has 164 valence electrons. The maximum Gasteiger partial charge on any atom is 0.263 e. The second kappa shape index (κ2) is 7.97. The Labute approximate surface area is 181 Å². The molecule has 11 heteroatoms. The van der Waals surface area contributed by atoms with Crippen molar-refractivity contribution in [2.24, 2.45) is 4.99 Å². The zero-order valence-corrected chi connectivity index (χ0v) is 18.4. The van der Waals surface area contributed by atoms with E-state index in [1.807, 2.05) is 12.1 Å². The molecule has 0 spiro atoms. The molecule has 2 aromatic carbocycles. The van der Waals surface area contributed by atoms with Gasteiger partial charge in [0.15, 0.2) is 0 Å². The van der Waals surface area contributed by atoms with Crippen molar-refractivity contribution in [3.63, 3.8) is 0 Å². The number of benzene rings is 2. The molecule has 2 heterocycles. The molecule has 1 amide bonds. The summed E-state index contributed by atoms with van der Waals surface area (Å²) in [5.41, 5.74) is 2.07. The van der Waals surface area contributed by atoms with Crippen LogP contribution in [0.3, 0.4) is 0 Å². The largest absolute Gasteiger partial charge is 0.353 e. The summed E-state index contributed by atoms with van der Waals surface area (Å²) in [6.45, 7) is 1.83. The van der Waals surface area contributed by atoms with Crippen molar-refractivity contribution >= 4 is 37.5 Å². The molecule has 2 aliphatic rings. The van der Waals surface area contributed by atoms with Crippen molar-refractivity contribution in [2.45, 2.75) is 24.3 Å². The number of amides is 1. The van der Waals surface area contributed by atoms with Crippen molar-refractivity contribution in [3.8, 4) is 0 Å². The van der Waals surface area contributed by atoms with E-state index in [9.17, 15) is 21.6 Å². The van der Waals surface area contributed by atoms with E-state index >= 15 is 0 Å². The van der Waals surface area contributed by atoms with Gasteiger partial charge in [-0.2, -0.15) is 0 Å². The Morgan fingerprint density at radius 3 is 2.71 bits per heavy atom. The van der Waals surface area contributed by atoms with Crippen LogP contribution in [0.2, 0.25) is 0 Å². The number of hydrogen-bond donors (Lipinski definition) is 2. The first-order chi connectivity index (χ1) is 14.7. The fourth-order valence-electron chi connectivity index (χ4n) is 3.64. The minimum atomic E-state index is -3.69. The summed E-state index contributed by atoms with van der Waals surface area (Å²) in [6.07, 6.45) is 0.660. The number of carbonyl (C=O) groups excluding carboxylic acids is 1. The molecule has 0 saturated heterocycles. The van der Waals surface area contributed by atoms with Crippen LogP contribution in [-0.4, -0.2) is 53.5 Å². The van der Waals surface area contributed by atoms with Crippen LogP contribution in [0.1, 0.15) is 18.1 Å². The molecule has 2 N–H and O–H groups in total. The highest BCUT2D eigenvalue weighted by Gasteiger charge is 2.32. The Bertz CT molecular complexity index is 1270. The van der Waals surface area contributed by atoms with Crippen LogP contribution in [0.15, 0.2) is 58.4 Å². The fourth-order valence-corrected chi connectivity index (χ4v) is 6.31.